The smallest absolute Gasteiger partial charge is 0.310 e. The number of rotatable bonds is 8. The molecule has 1 heterocycles. The molecular weight excluding hydrogens is 424 g/mol. The van der Waals surface area contributed by atoms with Gasteiger partial charge in [-0.05, 0) is 41.7 Å². The first-order valence-corrected chi connectivity index (χ1v) is 11.6. The van der Waals surface area contributed by atoms with E-state index < -0.39 is 11.9 Å². The molecule has 1 aliphatic heterocycles. The molecule has 0 amide bonds. The van der Waals surface area contributed by atoms with Gasteiger partial charge in [0.15, 0.2) is 0 Å². The Hall–Kier alpha value is -3.82. The van der Waals surface area contributed by atoms with Gasteiger partial charge in [-0.2, -0.15) is 5.26 Å². The Morgan fingerprint density at radius 3 is 2.41 bits per heavy atom. The summed E-state index contributed by atoms with van der Waals surface area (Å²) in [6, 6.07) is 26.3. The lowest BCUT2D eigenvalue weighted by atomic mass is 9.93. The maximum absolute atomic E-state index is 11.3. The molecule has 0 saturated carbocycles. The fourth-order valence-electron chi connectivity index (χ4n) is 4.44. The molecule has 0 fully saturated rings. The first-order valence-electron chi connectivity index (χ1n) is 11.6. The van der Waals surface area contributed by atoms with Gasteiger partial charge in [0.1, 0.15) is 6.07 Å². The average molecular weight is 455 g/mol. The first kappa shape index (κ1) is 23.3. The SMILES string of the molecule is C[C@H](CN[C@H](c1ccccc1)[C@H]1CNc2cccc(C#N)c2N1)c1ccc([C@@H](C)C(=O)O)cc1. The average Bonchev–Trinajstić information content (AvgIpc) is 2.88. The summed E-state index contributed by atoms with van der Waals surface area (Å²) in [6.07, 6.45) is 0. The molecule has 34 heavy (non-hydrogen) atoms. The van der Waals surface area contributed by atoms with Gasteiger partial charge < -0.3 is 21.1 Å². The Morgan fingerprint density at radius 1 is 1.03 bits per heavy atom. The van der Waals surface area contributed by atoms with Gasteiger partial charge in [-0.3, -0.25) is 4.79 Å². The molecule has 0 bridgehead atoms. The number of nitriles is 1. The number of fused-ring (bicyclic) bond motifs is 1. The fraction of sp³-hybridized carbons (Fsp3) is 0.286. The van der Waals surface area contributed by atoms with Crippen LogP contribution < -0.4 is 16.0 Å². The van der Waals surface area contributed by atoms with E-state index in [0.717, 1.165) is 35.6 Å². The highest BCUT2D eigenvalue weighted by molar-refractivity contribution is 5.77. The molecule has 6 heteroatoms. The van der Waals surface area contributed by atoms with Gasteiger partial charge in [0.25, 0.3) is 0 Å². The van der Waals surface area contributed by atoms with Gasteiger partial charge in [-0.15, -0.1) is 0 Å². The van der Waals surface area contributed by atoms with Crippen LogP contribution in [-0.2, 0) is 4.79 Å². The zero-order chi connectivity index (χ0) is 24.1. The highest BCUT2D eigenvalue weighted by Crippen LogP contribution is 2.33. The quantitative estimate of drug-likeness (QED) is 0.379. The monoisotopic (exact) mass is 454 g/mol. The first-order chi connectivity index (χ1) is 16.5. The Morgan fingerprint density at radius 2 is 1.74 bits per heavy atom. The van der Waals surface area contributed by atoms with E-state index in [1.165, 1.54) is 5.56 Å². The summed E-state index contributed by atoms with van der Waals surface area (Å²) >= 11 is 0. The van der Waals surface area contributed by atoms with E-state index in [9.17, 15) is 15.2 Å². The number of nitrogens with zero attached hydrogens (tertiary/aromatic N) is 1. The van der Waals surface area contributed by atoms with Crippen molar-refractivity contribution in [1.29, 1.82) is 5.26 Å². The number of benzene rings is 3. The zero-order valence-corrected chi connectivity index (χ0v) is 19.5. The summed E-state index contributed by atoms with van der Waals surface area (Å²) in [5.74, 6) is -1.10. The predicted molar refractivity (Wildman–Crippen MR) is 135 cm³/mol. The second-order valence-corrected chi connectivity index (χ2v) is 8.90. The van der Waals surface area contributed by atoms with Crippen LogP contribution >= 0.6 is 0 Å². The van der Waals surface area contributed by atoms with Crippen LogP contribution in [-0.4, -0.2) is 30.2 Å². The number of hydrogen-bond acceptors (Lipinski definition) is 5. The molecule has 4 rings (SSSR count). The zero-order valence-electron chi connectivity index (χ0n) is 19.5. The minimum atomic E-state index is -0.817. The van der Waals surface area contributed by atoms with Crippen LogP contribution in [0.1, 0.15) is 54.0 Å². The molecule has 4 N–H and O–H groups in total. The van der Waals surface area contributed by atoms with Crippen molar-refractivity contribution in [1.82, 2.24) is 5.32 Å². The molecule has 0 saturated heterocycles. The van der Waals surface area contributed by atoms with Gasteiger partial charge in [0.05, 0.1) is 34.9 Å². The molecule has 6 nitrogen and oxygen atoms in total. The standard InChI is InChI=1S/C28H30N4O2/c1-18(20-11-13-21(14-12-20)19(2)28(33)34)16-31-26(22-7-4-3-5-8-22)25-17-30-24-10-6-9-23(15-29)27(24)32-25/h3-14,18-19,25-26,30-32H,16-17H2,1-2H3,(H,33,34)/t18-,19-,25-,26-/m1/s1. The number of para-hydroxylation sites is 1. The molecule has 0 aromatic heterocycles. The molecule has 1 aliphatic rings. The maximum Gasteiger partial charge on any atom is 0.310 e. The van der Waals surface area contributed by atoms with Gasteiger partial charge in [-0.1, -0.05) is 67.6 Å². The van der Waals surface area contributed by atoms with Crippen molar-refractivity contribution in [2.75, 3.05) is 23.7 Å². The summed E-state index contributed by atoms with van der Waals surface area (Å²) in [6.45, 7) is 5.34. The van der Waals surface area contributed by atoms with Crippen molar-refractivity contribution < 1.29 is 9.90 Å². The van der Waals surface area contributed by atoms with Gasteiger partial charge >= 0.3 is 5.97 Å². The summed E-state index contributed by atoms with van der Waals surface area (Å²) in [7, 11) is 0. The van der Waals surface area contributed by atoms with Crippen LogP contribution in [0.25, 0.3) is 0 Å². The predicted octanol–water partition coefficient (Wildman–Crippen LogP) is 5.09. The number of hydrogen-bond donors (Lipinski definition) is 4. The van der Waals surface area contributed by atoms with Crippen molar-refractivity contribution in [2.24, 2.45) is 0 Å². The molecular formula is C28H30N4O2. The van der Waals surface area contributed by atoms with Gasteiger partial charge in [-0.25, -0.2) is 0 Å². The highest BCUT2D eigenvalue weighted by Gasteiger charge is 2.28. The van der Waals surface area contributed by atoms with E-state index in [-0.39, 0.29) is 18.0 Å². The third kappa shape index (κ3) is 5.05. The second-order valence-electron chi connectivity index (χ2n) is 8.90. The third-order valence-electron chi connectivity index (χ3n) is 6.61. The van der Waals surface area contributed by atoms with E-state index in [1.54, 1.807) is 6.92 Å². The Bertz CT molecular complexity index is 1170. The van der Waals surface area contributed by atoms with Crippen LogP contribution in [0.15, 0.2) is 72.8 Å². The summed E-state index contributed by atoms with van der Waals surface area (Å²) < 4.78 is 0. The van der Waals surface area contributed by atoms with Crippen molar-refractivity contribution in [3.63, 3.8) is 0 Å². The lowest BCUT2D eigenvalue weighted by molar-refractivity contribution is -0.138. The van der Waals surface area contributed by atoms with Crippen LogP contribution in [0.5, 0.6) is 0 Å². The maximum atomic E-state index is 11.3. The molecule has 0 radical (unpaired) electrons. The van der Waals surface area contributed by atoms with Crippen molar-refractivity contribution in [2.45, 2.75) is 37.8 Å². The normalized spacial score (nSPS) is 17.3. The largest absolute Gasteiger partial charge is 0.481 e. The topological polar surface area (TPSA) is 97.2 Å². The number of nitrogens with one attached hydrogen (secondary N) is 3. The minimum Gasteiger partial charge on any atom is -0.481 e. The molecule has 174 valence electrons. The summed E-state index contributed by atoms with van der Waals surface area (Å²) in [5, 5.41) is 29.6. The second kappa shape index (κ2) is 10.4. The molecule has 4 atom stereocenters. The minimum absolute atomic E-state index is 0.0300. The number of carboxylic acids is 1. The Labute approximate surface area is 200 Å². The van der Waals surface area contributed by atoms with Crippen LogP contribution in [0, 0.1) is 11.3 Å². The number of carbonyl (C=O) groups is 1. The van der Waals surface area contributed by atoms with Crippen molar-refractivity contribution in [3.8, 4) is 6.07 Å². The lowest BCUT2D eigenvalue weighted by Gasteiger charge is -2.36. The Kier molecular flexibility index (Phi) is 7.15. The molecule has 3 aromatic carbocycles. The van der Waals surface area contributed by atoms with Crippen LogP contribution in [0.2, 0.25) is 0 Å². The van der Waals surface area contributed by atoms with E-state index in [0.29, 0.717) is 5.56 Å². The summed E-state index contributed by atoms with van der Waals surface area (Å²) in [4.78, 5) is 11.3. The fourth-order valence-corrected chi connectivity index (χ4v) is 4.44. The number of aliphatic carboxylic acids is 1. The van der Waals surface area contributed by atoms with Gasteiger partial charge in [0.2, 0.25) is 0 Å². The highest BCUT2D eigenvalue weighted by atomic mass is 16.4. The molecule has 0 spiro atoms. The molecule has 3 aromatic rings. The van der Waals surface area contributed by atoms with E-state index >= 15 is 0 Å². The lowest BCUT2D eigenvalue weighted by Crippen LogP contribution is -2.45. The van der Waals surface area contributed by atoms with Gasteiger partial charge in [0, 0.05) is 13.1 Å². The molecule has 0 unspecified atom stereocenters. The number of anilines is 2. The number of carboxylic acid groups (broad SMARTS) is 1. The summed E-state index contributed by atoms with van der Waals surface area (Å²) in [5.41, 5.74) is 5.57. The van der Waals surface area contributed by atoms with E-state index in [2.05, 4.69) is 41.1 Å². The third-order valence-corrected chi connectivity index (χ3v) is 6.61. The van der Waals surface area contributed by atoms with Crippen molar-refractivity contribution >= 4 is 17.3 Å². The Balaban J connectivity index is 1.51. The molecule has 0 aliphatic carbocycles. The van der Waals surface area contributed by atoms with E-state index in [4.69, 9.17) is 0 Å². The van der Waals surface area contributed by atoms with Crippen molar-refractivity contribution in [3.05, 3.63) is 95.1 Å². The van der Waals surface area contributed by atoms with Crippen LogP contribution in [0.4, 0.5) is 11.4 Å². The van der Waals surface area contributed by atoms with E-state index in [1.807, 2.05) is 60.7 Å². The van der Waals surface area contributed by atoms with Crippen LogP contribution in [0.3, 0.4) is 0 Å².